The molecule has 1 saturated heterocycles. The number of carbonyl (C=O) groups is 1. The minimum Gasteiger partial charge on any atom is -0.382 e. The SMILES string of the molecule is COCCOCC1CCN(C(=O)NC(c2ccccc2)c2ccccc2)CC1. The number of rotatable bonds is 8. The topological polar surface area (TPSA) is 50.8 Å². The van der Waals surface area contributed by atoms with Crippen molar-refractivity contribution in [1.29, 1.82) is 0 Å². The van der Waals surface area contributed by atoms with Gasteiger partial charge >= 0.3 is 6.03 Å². The van der Waals surface area contributed by atoms with Crippen LogP contribution in [-0.2, 0) is 9.47 Å². The monoisotopic (exact) mass is 382 g/mol. The molecule has 0 radical (unpaired) electrons. The number of amides is 2. The Labute approximate surface area is 167 Å². The van der Waals surface area contributed by atoms with E-state index in [1.165, 1.54) is 0 Å². The number of urea groups is 1. The molecular formula is C23H30N2O3. The van der Waals surface area contributed by atoms with Crippen LogP contribution in [0.3, 0.4) is 0 Å². The number of nitrogens with one attached hydrogen (secondary N) is 1. The zero-order valence-corrected chi connectivity index (χ0v) is 16.5. The predicted molar refractivity (Wildman–Crippen MR) is 110 cm³/mol. The fraction of sp³-hybridized carbons (Fsp3) is 0.435. The van der Waals surface area contributed by atoms with Crippen LogP contribution in [-0.4, -0.2) is 51.0 Å². The summed E-state index contributed by atoms with van der Waals surface area (Å²) in [6, 6.07) is 20.1. The highest BCUT2D eigenvalue weighted by Gasteiger charge is 2.25. The molecule has 0 spiro atoms. The molecule has 1 heterocycles. The molecule has 150 valence electrons. The first-order valence-electron chi connectivity index (χ1n) is 10.00. The van der Waals surface area contributed by atoms with Crippen LogP contribution < -0.4 is 5.32 Å². The maximum absolute atomic E-state index is 12.9. The number of methoxy groups -OCH3 is 1. The molecule has 0 unspecified atom stereocenters. The summed E-state index contributed by atoms with van der Waals surface area (Å²) in [6.07, 6.45) is 1.95. The van der Waals surface area contributed by atoms with Crippen LogP contribution in [0, 0.1) is 5.92 Å². The largest absolute Gasteiger partial charge is 0.382 e. The van der Waals surface area contributed by atoms with Gasteiger partial charge in [0.05, 0.1) is 19.3 Å². The third kappa shape index (κ3) is 5.81. The van der Waals surface area contributed by atoms with E-state index >= 15 is 0 Å². The number of likely N-dealkylation sites (tertiary alicyclic amines) is 1. The highest BCUT2D eigenvalue weighted by atomic mass is 16.5. The molecule has 2 aromatic rings. The van der Waals surface area contributed by atoms with E-state index in [1.54, 1.807) is 7.11 Å². The summed E-state index contributed by atoms with van der Waals surface area (Å²) in [4.78, 5) is 14.8. The lowest BCUT2D eigenvalue weighted by atomic mass is 9.97. The standard InChI is InChI=1S/C23H30N2O3/c1-27-16-17-28-18-19-12-14-25(15-13-19)23(26)24-22(20-8-4-2-5-9-20)21-10-6-3-7-11-21/h2-11,19,22H,12-18H2,1H3,(H,24,26). The maximum atomic E-state index is 12.9. The van der Waals surface area contributed by atoms with Crippen molar-refractivity contribution < 1.29 is 14.3 Å². The van der Waals surface area contributed by atoms with E-state index in [1.807, 2.05) is 41.3 Å². The summed E-state index contributed by atoms with van der Waals surface area (Å²) >= 11 is 0. The number of ether oxygens (including phenoxy) is 2. The molecule has 3 rings (SSSR count). The van der Waals surface area contributed by atoms with Crippen LogP contribution in [0.15, 0.2) is 60.7 Å². The molecule has 0 atom stereocenters. The molecule has 5 heteroatoms. The summed E-state index contributed by atoms with van der Waals surface area (Å²) < 4.78 is 10.6. The van der Waals surface area contributed by atoms with Gasteiger partial charge in [-0.25, -0.2) is 4.79 Å². The predicted octanol–water partition coefficient (Wildman–Crippen LogP) is 3.86. The van der Waals surface area contributed by atoms with Crippen LogP contribution in [0.2, 0.25) is 0 Å². The van der Waals surface area contributed by atoms with Gasteiger partial charge in [0.25, 0.3) is 0 Å². The Kier molecular flexibility index (Phi) is 7.88. The van der Waals surface area contributed by atoms with Crippen LogP contribution in [0.4, 0.5) is 4.79 Å². The molecule has 5 nitrogen and oxygen atoms in total. The van der Waals surface area contributed by atoms with Crippen molar-refractivity contribution in [2.75, 3.05) is 40.0 Å². The number of hydrogen-bond acceptors (Lipinski definition) is 3. The van der Waals surface area contributed by atoms with E-state index in [-0.39, 0.29) is 12.1 Å². The van der Waals surface area contributed by atoms with E-state index in [0.29, 0.717) is 19.1 Å². The van der Waals surface area contributed by atoms with Gasteiger partial charge in [0.1, 0.15) is 0 Å². The summed E-state index contributed by atoms with van der Waals surface area (Å²) in [5.41, 5.74) is 2.17. The average molecular weight is 383 g/mol. The average Bonchev–Trinajstić information content (AvgIpc) is 2.76. The Morgan fingerprint density at radius 3 is 2.11 bits per heavy atom. The fourth-order valence-corrected chi connectivity index (χ4v) is 3.56. The van der Waals surface area contributed by atoms with Crippen LogP contribution in [0.5, 0.6) is 0 Å². The molecular weight excluding hydrogens is 352 g/mol. The van der Waals surface area contributed by atoms with Crippen molar-refractivity contribution in [3.8, 4) is 0 Å². The van der Waals surface area contributed by atoms with E-state index in [9.17, 15) is 4.79 Å². The Bertz CT molecular complexity index is 661. The van der Waals surface area contributed by atoms with Crippen molar-refractivity contribution >= 4 is 6.03 Å². The number of benzene rings is 2. The lowest BCUT2D eigenvalue weighted by Crippen LogP contribution is -2.46. The molecule has 0 saturated carbocycles. The molecule has 1 fully saturated rings. The van der Waals surface area contributed by atoms with Crippen molar-refractivity contribution in [2.24, 2.45) is 5.92 Å². The smallest absolute Gasteiger partial charge is 0.318 e. The Morgan fingerprint density at radius 1 is 1.00 bits per heavy atom. The van der Waals surface area contributed by atoms with Gasteiger partial charge < -0.3 is 19.7 Å². The second-order valence-electron chi connectivity index (χ2n) is 7.20. The first kappa shape index (κ1) is 20.4. The Balaban J connectivity index is 1.56. The second-order valence-corrected chi connectivity index (χ2v) is 7.20. The minimum absolute atomic E-state index is 0.00328. The van der Waals surface area contributed by atoms with E-state index in [2.05, 4.69) is 29.6 Å². The molecule has 0 aliphatic carbocycles. The van der Waals surface area contributed by atoms with Crippen LogP contribution in [0.25, 0.3) is 0 Å². The third-order valence-corrected chi connectivity index (χ3v) is 5.22. The number of carbonyl (C=O) groups excluding carboxylic acids is 1. The summed E-state index contributed by atoms with van der Waals surface area (Å²) in [7, 11) is 1.68. The summed E-state index contributed by atoms with van der Waals surface area (Å²) in [6.45, 7) is 3.53. The maximum Gasteiger partial charge on any atom is 0.318 e. The molecule has 28 heavy (non-hydrogen) atoms. The molecule has 1 N–H and O–H groups in total. The number of piperidine rings is 1. The summed E-state index contributed by atoms with van der Waals surface area (Å²) in [5, 5.41) is 3.23. The fourth-order valence-electron chi connectivity index (χ4n) is 3.56. The third-order valence-electron chi connectivity index (χ3n) is 5.22. The van der Waals surface area contributed by atoms with Gasteiger partial charge in [0, 0.05) is 26.8 Å². The van der Waals surface area contributed by atoms with Gasteiger partial charge in [0.2, 0.25) is 0 Å². The highest BCUT2D eigenvalue weighted by Crippen LogP contribution is 2.23. The van der Waals surface area contributed by atoms with E-state index in [4.69, 9.17) is 9.47 Å². The Hall–Kier alpha value is -2.37. The van der Waals surface area contributed by atoms with E-state index in [0.717, 1.165) is 43.7 Å². The number of nitrogens with zero attached hydrogens (tertiary/aromatic N) is 1. The molecule has 0 aromatic heterocycles. The minimum atomic E-state index is -0.148. The van der Waals surface area contributed by atoms with Gasteiger partial charge in [0.15, 0.2) is 0 Å². The zero-order chi connectivity index (χ0) is 19.6. The quantitative estimate of drug-likeness (QED) is 0.706. The molecule has 1 aliphatic rings. The van der Waals surface area contributed by atoms with Crippen LogP contribution >= 0.6 is 0 Å². The molecule has 2 aromatic carbocycles. The normalized spacial score (nSPS) is 15.0. The lowest BCUT2D eigenvalue weighted by Gasteiger charge is -2.33. The first-order chi connectivity index (χ1) is 13.8. The van der Waals surface area contributed by atoms with Crippen molar-refractivity contribution in [3.63, 3.8) is 0 Å². The molecule has 1 aliphatic heterocycles. The molecule has 0 bridgehead atoms. The first-order valence-corrected chi connectivity index (χ1v) is 10.00. The lowest BCUT2D eigenvalue weighted by molar-refractivity contribution is 0.0380. The van der Waals surface area contributed by atoms with Gasteiger partial charge in [-0.05, 0) is 29.9 Å². The second kappa shape index (κ2) is 10.8. The molecule has 2 amide bonds. The van der Waals surface area contributed by atoms with Gasteiger partial charge in [-0.1, -0.05) is 60.7 Å². The Morgan fingerprint density at radius 2 is 1.57 bits per heavy atom. The van der Waals surface area contributed by atoms with Gasteiger partial charge in [-0.2, -0.15) is 0 Å². The van der Waals surface area contributed by atoms with Crippen molar-refractivity contribution in [1.82, 2.24) is 10.2 Å². The van der Waals surface area contributed by atoms with Crippen molar-refractivity contribution in [3.05, 3.63) is 71.8 Å². The van der Waals surface area contributed by atoms with Gasteiger partial charge in [-0.15, -0.1) is 0 Å². The number of hydrogen-bond donors (Lipinski definition) is 1. The van der Waals surface area contributed by atoms with Crippen molar-refractivity contribution in [2.45, 2.75) is 18.9 Å². The van der Waals surface area contributed by atoms with Gasteiger partial charge in [-0.3, -0.25) is 0 Å². The summed E-state index contributed by atoms with van der Waals surface area (Å²) in [5.74, 6) is 0.514. The van der Waals surface area contributed by atoms with Crippen LogP contribution in [0.1, 0.15) is 30.0 Å². The highest BCUT2D eigenvalue weighted by molar-refractivity contribution is 5.75. The van der Waals surface area contributed by atoms with E-state index < -0.39 is 0 Å². The zero-order valence-electron chi connectivity index (χ0n) is 16.5.